The van der Waals surface area contributed by atoms with Crippen molar-refractivity contribution in [2.45, 2.75) is 130 Å². The molecule has 0 spiro atoms. The fourth-order valence-electron chi connectivity index (χ4n) is 3.60. The summed E-state index contributed by atoms with van der Waals surface area (Å²) in [5.41, 5.74) is 0. The van der Waals surface area contributed by atoms with Crippen molar-refractivity contribution in [2.24, 2.45) is 0 Å². The van der Waals surface area contributed by atoms with Crippen LogP contribution in [0, 0.1) is 0 Å². The van der Waals surface area contributed by atoms with E-state index in [4.69, 9.17) is 0 Å². The van der Waals surface area contributed by atoms with Gasteiger partial charge in [-0.2, -0.15) is 0 Å². The summed E-state index contributed by atoms with van der Waals surface area (Å²) in [4.78, 5) is 0. The van der Waals surface area contributed by atoms with Crippen LogP contribution in [0.5, 0.6) is 0 Å². The molecule has 0 bridgehead atoms. The van der Waals surface area contributed by atoms with Gasteiger partial charge in [0.1, 0.15) is 0 Å². The number of quaternary nitrogens is 1. The molecule has 0 rings (SSSR count). The van der Waals surface area contributed by atoms with E-state index in [0.717, 1.165) is 12.8 Å². The molecule has 0 saturated carbocycles. The van der Waals surface area contributed by atoms with E-state index >= 15 is 0 Å². The highest BCUT2D eigenvalue weighted by Gasteiger charge is 2.10. The van der Waals surface area contributed by atoms with Gasteiger partial charge in [-0.15, -0.1) is 0 Å². The monoisotopic (exact) mass is 463 g/mol. The molecule has 0 aliphatic heterocycles. The van der Waals surface area contributed by atoms with E-state index in [1.807, 2.05) is 0 Å². The van der Waals surface area contributed by atoms with Crippen LogP contribution in [0.15, 0.2) is 0 Å². The summed E-state index contributed by atoms with van der Waals surface area (Å²) < 4.78 is 25.5. The van der Waals surface area contributed by atoms with Gasteiger partial charge in [-0.25, -0.2) is 13.1 Å². The summed E-state index contributed by atoms with van der Waals surface area (Å²) in [6.45, 7) is 13.4. The lowest BCUT2D eigenvalue weighted by atomic mass is 10.0. The van der Waals surface area contributed by atoms with Gasteiger partial charge in [0, 0.05) is 6.54 Å². The van der Waals surface area contributed by atoms with Gasteiger partial charge in [0.2, 0.25) is 10.0 Å². The summed E-state index contributed by atoms with van der Waals surface area (Å²) in [5, 5.41) is 0. The van der Waals surface area contributed by atoms with Crippen LogP contribution in [0.4, 0.5) is 0 Å². The highest BCUT2D eigenvalue weighted by Crippen LogP contribution is 2.13. The topological polar surface area (TPSA) is 46.2 Å². The third-order valence-corrected chi connectivity index (χ3v) is 7.41. The fraction of sp³-hybridized carbons (Fsp3) is 1.00. The minimum absolute atomic E-state index is 0.595. The van der Waals surface area contributed by atoms with Gasteiger partial charge >= 0.3 is 0 Å². The zero-order chi connectivity index (χ0) is 23.8. The number of unbranched alkanes of at least 4 members (excludes halogenated alkanes) is 15. The molecule has 4 nitrogen and oxygen atoms in total. The predicted octanol–water partition coefficient (Wildman–Crippen LogP) is 7.29. The highest BCUT2D eigenvalue weighted by atomic mass is 32.2. The Morgan fingerprint density at radius 2 is 0.839 bits per heavy atom. The molecule has 0 unspecified atom stereocenters. The van der Waals surface area contributed by atoms with Crippen LogP contribution < -0.4 is 4.72 Å². The molecule has 0 radical (unpaired) electrons. The number of hydrogen-bond donors (Lipinski definition) is 1. The van der Waals surface area contributed by atoms with Gasteiger partial charge in [0.15, 0.2) is 0 Å². The minimum Gasteiger partial charge on any atom is -0.327 e. The minimum atomic E-state index is -2.99. The first-order valence-electron chi connectivity index (χ1n) is 13.5. The maximum Gasteiger partial charge on any atom is 0.208 e. The summed E-state index contributed by atoms with van der Waals surface area (Å²) in [6.07, 6.45) is 22.7. The lowest BCUT2D eigenvalue weighted by Crippen LogP contribution is -2.42. The van der Waals surface area contributed by atoms with Crippen LogP contribution in [0.25, 0.3) is 0 Å². The first-order valence-corrected chi connectivity index (χ1v) is 15.4. The van der Waals surface area contributed by atoms with E-state index in [1.165, 1.54) is 120 Å². The molecule has 1 N–H and O–H groups in total. The Morgan fingerprint density at radius 3 is 1.06 bits per heavy atom. The van der Waals surface area contributed by atoms with Crippen molar-refractivity contribution in [3.05, 3.63) is 0 Å². The van der Waals surface area contributed by atoms with Crippen molar-refractivity contribution in [3.8, 4) is 0 Å². The lowest BCUT2D eigenvalue weighted by molar-refractivity contribution is -0.904. The van der Waals surface area contributed by atoms with Crippen molar-refractivity contribution in [1.29, 1.82) is 0 Å². The van der Waals surface area contributed by atoms with Crippen molar-refractivity contribution in [1.82, 2.24) is 4.72 Å². The van der Waals surface area contributed by atoms with Gasteiger partial charge in [-0.05, 0) is 27.2 Å². The molecule has 0 fully saturated rings. The van der Waals surface area contributed by atoms with Crippen LogP contribution in [0.1, 0.15) is 130 Å². The molecule has 0 atom stereocenters. The average Bonchev–Trinajstić information content (AvgIpc) is 2.75. The first-order chi connectivity index (χ1) is 14.7. The molecular formula is C26H59N2O2S+. The molecule has 0 amide bonds. The Balaban J connectivity index is 0. The predicted molar refractivity (Wildman–Crippen MR) is 140 cm³/mol. The SMILES string of the molecule is CCCCCCCCCCCCCCCCCCNS(C)(=O)=O.CC[N+](C)(CC)CC. The van der Waals surface area contributed by atoms with Crippen molar-refractivity contribution in [3.63, 3.8) is 0 Å². The molecule has 0 aromatic heterocycles. The number of rotatable bonds is 21. The molecule has 190 valence electrons. The molecule has 31 heavy (non-hydrogen) atoms. The third kappa shape index (κ3) is 27.8. The van der Waals surface area contributed by atoms with Crippen LogP contribution in [0.2, 0.25) is 0 Å². The maximum atomic E-state index is 10.9. The second kappa shape index (κ2) is 23.0. The van der Waals surface area contributed by atoms with Gasteiger partial charge < -0.3 is 4.48 Å². The maximum absolute atomic E-state index is 10.9. The van der Waals surface area contributed by atoms with E-state index in [1.54, 1.807) is 0 Å². The van der Waals surface area contributed by atoms with Crippen LogP contribution in [-0.4, -0.2) is 52.4 Å². The number of hydrogen-bond acceptors (Lipinski definition) is 2. The summed E-state index contributed by atoms with van der Waals surface area (Å²) in [7, 11) is -0.703. The zero-order valence-corrected chi connectivity index (χ0v) is 23.1. The second-order valence-electron chi connectivity index (χ2n) is 9.54. The second-order valence-corrected chi connectivity index (χ2v) is 11.4. The van der Waals surface area contributed by atoms with E-state index in [2.05, 4.69) is 39.5 Å². The summed E-state index contributed by atoms with van der Waals surface area (Å²) >= 11 is 0. The fourth-order valence-corrected chi connectivity index (χ4v) is 4.12. The molecule has 5 heteroatoms. The van der Waals surface area contributed by atoms with Crippen molar-refractivity contribution < 1.29 is 12.9 Å². The molecule has 0 aromatic carbocycles. The Bertz CT molecular complexity index is 440. The van der Waals surface area contributed by atoms with Gasteiger partial charge in [0.05, 0.1) is 32.9 Å². The van der Waals surface area contributed by atoms with Crippen LogP contribution in [0.3, 0.4) is 0 Å². The van der Waals surface area contributed by atoms with Gasteiger partial charge in [-0.3, -0.25) is 0 Å². The van der Waals surface area contributed by atoms with E-state index in [-0.39, 0.29) is 0 Å². The molecule has 0 saturated heterocycles. The van der Waals surface area contributed by atoms with Crippen molar-refractivity contribution >= 4 is 10.0 Å². The van der Waals surface area contributed by atoms with Gasteiger partial charge in [0.25, 0.3) is 0 Å². The third-order valence-electron chi connectivity index (χ3n) is 6.68. The molecule has 0 aliphatic rings. The summed E-state index contributed by atoms with van der Waals surface area (Å²) in [6, 6.07) is 0. The molecule has 0 heterocycles. The molecule has 0 aromatic rings. The van der Waals surface area contributed by atoms with Crippen LogP contribution >= 0.6 is 0 Å². The van der Waals surface area contributed by atoms with E-state index in [0.29, 0.717) is 6.54 Å². The Morgan fingerprint density at radius 1 is 0.548 bits per heavy atom. The number of nitrogens with zero attached hydrogens (tertiary/aromatic N) is 1. The van der Waals surface area contributed by atoms with Gasteiger partial charge in [-0.1, -0.05) is 103 Å². The smallest absolute Gasteiger partial charge is 0.208 e. The van der Waals surface area contributed by atoms with Crippen molar-refractivity contribution in [2.75, 3.05) is 39.5 Å². The average molecular weight is 464 g/mol. The quantitative estimate of drug-likeness (QED) is 0.143. The molecular weight excluding hydrogens is 404 g/mol. The largest absolute Gasteiger partial charge is 0.327 e. The Hall–Kier alpha value is -0.130. The standard InChI is InChI=1S/C19H41NO2S.C7H18N/c1-3-4-5-6-7-8-9-10-11-12-13-14-15-16-17-18-19-20-23(2,21)22;1-5-8(4,6-2)7-3/h20H,3-19H2,1-2H3;5-7H2,1-4H3/q;+1. The lowest BCUT2D eigenvalue weighted by Gasteiger charge is -2.30. The number of nitrogens with one attached hydrogen (secondary N) is 1. The zero-order valence-electron chi connectivity index (χ0n) is 22.3. The van der Waals surface area contributed by atoms with E-state index in [9.17, 15) is 8.42 Å². The number of sulfonamides is 1. The normalized spacial score (nSPS) is 11.9. The summed E-state index contributed by atoms with van der Waals surface area (Å²) in [5.74, 6) is 0. The Labute approximate surface area is 197 Å². The Kier molecular flexibility index (Phi) is 24.6. The molecule has 0 aliphatic carbocycles. The highest BCUT2D eigenvalue weighted by molar-refractivity contribution is 7.88. The first kappa shape index (κ1) is 33.0. The van der Waals surface area contributed by atoms with Crippen LogP contribution in [-0.2, 0) is 10.0 Å². The van der Waals surface area contributed by atoms with E-state index < -0.39 is 10.0 Å².